The lowest BCUT2D eigenvalue weighted by Crippen LogP contribution is -1.97. The Hall–Kier alpha value is -2.07. The number of aromatic hydroxyl groups is 1. The molecule has 98 valence electrons. The summed E-state index contributed by atoms with van der Waals surface area (Å²) in [7, 11) is 0. The zero-order chi connectivity index (χ0) is 14.0. The summed E-state index contributed by atoms with van der Waals surface area (Å²) in [5.41, 5.74) is 2.52. The van der Waals surface area contributed by atoms with Gasteiger partial charge in [-0.1, -0.05) is 6.07 Å². The fourth-order valence-corrected chi connectivity index (χ4v) is 2.64. The predicted molar refractivity (Wildman–Crippen MR) is 77.4 cm³/mol. The number of carboxylic acids is 1. The second-order valence-electron chi connectivity index (χ2n) is 4.34. The molecule has 2 N–H and O–H groups in total. The van der Waals surface area contributed by atoms with E-state index in [0.717, 1.165) is 21.6 Å². The van der Waals surface area contributed by atoms with Crippen molar-refractivity contribution in [2.45, 2.75) is 13.8 Å². The molecule has 0 saturated carbocycles. The highest BCUT2D eigenvalue weighted by Crippen LogP contribution is 2.27. The Morgan fingerprint density at radius 1 is 1.26 bits per heavy atom. The summed E-state index contributed by atoms with van der Waals surface area (Å²) < 4.78 is 0. The topological polar surface area (TPSA) is 57.5 Å². The summed E-state index contributed by atoms with van der Waals surface area (Å²) in [5.74, 6) is -0.698. The van der Waals surface area contributed by atoms with Gasteiger partial charge in [0.05, 0.1) is 5.57 Å². The summed E-state index contributed by atoms with van der Waals surface area (Å²) in [4.78, 5) is 12.0. The Morgan fingerprint density at radius 3 is 2.37 bits per heavy atom. The lowest BCUT2D eigenvalue weighted by Gasteiger charge is -2.06. The molecule has 0 aliphatic rings. The van der Waals surface area contributed by atoms with E-state index in [-0.39, 0.29) is 11.3 Å². The number of benzene rings is 1. The van der Waals surface area contributed by atoms with Crippen LogP contribution in [0.15, 0.2) is 29.6 Å². The van der Waals surface area contributed by atoms with Crippen molar-refractivity contribution in [2.75, 3.05) is 0 Å². The second kappa shape index (κ2) is 5.28. The Balaban J connectivity index is 2.51. The molecule has 1 aromatic carbocycles. The van der Waals surface area contributed by atoms with Crippen LogP contribution in [0.25, 0.3) is 11.6 Å². The largest absolute Gasteiger partial charge is 0.507 e. The van der Waals surface area contributed by atoms with Crippen LogP contribution in [0.1, 0.15) is 21.6 Å². The zero-order valence-corrected chi connectivity index (χ0v) is 11.5. The summed E-state index contributed by atoms with van der Waals surface area (Å²) in [5, 5.41) is 20.9. The van der Waals surface area contributed by atoms with Crippen molar-refractivity contribution in [1.82, 2.24) is 0 Å². The van der Waals surface area contributed by atoms with Crippen LogP contribution >= 0.6 is 11.3 Å². The lowest BCUT2D eigenvalue weighted by molar-refractivity contribution is -0.130. The second-order valence-corrected chi connectivity index (χ2v) is 5.29. The fourth-order valence-electron chi connectivity index (χ4n) is 1.91. The van der Waals surface area contributed by atoms with Gasteiger partial charge in [-0.3, -0.25) is 0 Å². The van der Waals surface area contributed by atoms with Crippen molar-refractivity contribution >= 4 is 29.0 Å². The first-order valence-corrected chi connectivity index (χ1v) is 6.66. The third-order valence-corrected chi connectivity index (χ3v) is 3.74. The van der Waals surface area contributed by atoms with Gasteiger partial charge in [0.15, 0.2) is 0 Å². The molecule has 0 atom stereocenters. The molecule has 0 aliphatic carbocycles. The van der Waals surface area contributed by atoms with Crippen molar-refractivity contribution in [1.29, 1.82) is 0 Å². The Bertz CT molecular complexity index is 616. The first-order valence-electron chi connectivity index (χ1n) is 5.78. The van der Waals surface area contributed by atoms with E-state index in [4.69, 9.17) is 0 Å². The maximum atomic E-state index is 11.3. The van der Waals surface area contributed by atoms with Gasteiger partial charge in [-0.2, -0.15) is 0 Å². The first-order chi connectivity index (χ1) is 8.99. The number of hydrogen-bond donors (Lipinski definition) is 2. The molecule has 0 spiro atoms. The van der Waals surface area contributed by atoms with Gasteiger partial charge in [-0.05, 0) is 60.2 Å². The summed E-state index contributed by atoms with van der Waals surface area (Å²) in [6.45, 7) is 3.59. The van der Waals surface area contributed by atoms with Gasteiger partial charge in [0.25, 0.3) is 0 Å². The van der Waals surface area contributed by atoms with Crippen molar-refractivity contribution in [3.05, 3.63) is 51.2 Å². The summed E-state index contributed by atoms with van der Waals surface area (Å²) >= 11 is 1.39. The molecular formula is C15H14O3S. The number of carbonyl (C=O) groups is 1. The minimum Gasteiger partial charge on any atom is -0.507 e. The number of aliphatic carboxylic acids is 1. The van der Waals surface area contributed by atoms with E-state index >= 15 is 0 Å². The van der Waals surface area contributed by atoms with Gasteiger partial charge >= 0.3 is 5.97 Å². The molecule has 0 aliphatic heterocycles. The molecule has 0 unspecified atom stereocenters. The van der Waals surface area contributed by atoms with E-state index in [0.29, 0.717) is 0 Å². The zero-order valence-electron chi connectivity index (χ0n) is 10.7. The van der Waals surface area contributed by atoms with Crippen molar-refractivity contribution in [2.24, 2.45) is 0 Å². The maximum Gasteiger partial charge on any atom is 0.337 e. The number of phenols is 1. The molecule has 0 radical (unpaired) electrons. The highest BCUT2D eigenvalue weighted by atomic mass is 32.1. The van der Waals surface area contributed by atoms with Gasteiger partial charge in [0.2, 0.25) is 0 Å². The van der Waals surface area contributed by atoms with Gasteiger partial charge in [0.1, 0.15) is 5.75 Å². The number of aryl methyl sites for hydroxylation is 2. The summed E-state index contributed by atoms with van der Waals surface area (Å²) in [6, 6.07) is 7.16. The standard InChI is InChI=1S/C15H14O3S/c1-9-6-11(7-10(2)14(9)16)8-12(15(17)18)13-4-3-5-19-13/h3-8,16H,1-2H3,(H,17,18). The number of rotatable bonds is 3. The lowest BCUT2D eigenvalue weighted by atomic mass is 10.0. The van der Waals surface area contributed by atoms with Gasteiger partial charge < -0.3 is 10.2 Å². The highest BCUT2D eigenvalue weighted by Gasteiger charge is 2.12. The average molecular weight is 274 g/mol. The Morgan fingerprint density at radius 2 is 1.89 bits per heavy atom. The van der Waals surface area contributed by atoms with Crippen LogP contribution in [0, 0.1) is 13.8 Å². The number of hydrogen-bond acceptors (Lipinski definition) is 3. The van der Waals surface area contributed by atoms with E-state index in [2.05, 4.69) is 0 Å². The fraction of sp³-hybridized carbons (Fsp3) is 0.133. The minimum absolute atomic E-state index is 0.255. The quantitative estimate of drug-likeness (QED) is 0.839. The number of thiophene rings is 1. The third-order valence-electron chi connectivity index (χ3n) is 2.84. The molecule has 3 nitrogen and oxygen atoms in total. The molecule has 2 rings (SSSR count). The van der Waals surface area contributed by atoms with Crippen LogP contribution in [0.2, 0.25) is 0 Å². The normalized spacial score (nSPS) is 11.6. The summed E-state index contributed by atoms with van der Waals surface area (Å²) in [6.07, 6.45) is 1.63. The van der Waals surface area contributed by atoms with E-state index in [1.165, 1.54) is 11.3 Å². The monoisotopic (exact) mass is 274 g/mol. The first kappa shape index (κ1) is 13.4. The van der Waals surface area contributed by atoms with Crippen molar-refractivity contribution in [3.8, 4) is 5.75 Å². The van der Waals surface area contributed by atoms with Gasteiger partial charge in [-0.25, -0.2) is 4.79 Å². The van der Waals surface area contributed by atoms with E-state index in [9.17, 15) is 15.0 Å². The molecule has 0 amide bonds. The van der Waals surface area contributed by atoms with E-state index in [1.54, 1.807) is 38.1 Å². The molecule has 4 heteroatoms. The SMILES string of the molecule is Cc1cc(C=C(C(=O)O)c2cccs2)cc(C)c1O. The Labute approximate surface area is 115 Å². The van der Waals surface area contributed by atoms with E-state index < -0.39 is 5.97 Å². The smallest absolute Gasteiger partial charge is 0.337 e. The van der Waals surface area contributed by atoms with Crippen LogP contribution in [-0.4, -0.2) is 16.2 Å². The third kappa shape index (κ3) is 2.85. The van der Waals surface area contributed by atoms with Crippen LogP contribution in [0.5, 0.6) is 5.75 Å². The highest BCUT2D eigenvalue weighted by molar-refractivity contribution is 7.11. The van der Waals surface area contributed by atoms with Crippen molar-refractivity contribution < 1.29 is 15.0 Å². The van der Waals surface area contributed by atoms with E-state index in [1.807, 2.05) is 11.4 Å². The molecular weight excluding hydrogens is 260 g/mol. The van der Waals surface area contributed by atoms with Crippen LogP contribution < -0.4 is 0 Å². The maximum absolute atomic E-state index is 11.3. The minimum atomic E-state index is -0.953. The molecule has 0 bridgehead atoms. The van der Waals surface area contributed by atoms with Crippen LogP contribution in [0.4, 0.5) is 0 Å². The van der Waals surface area contributed by atoms with Gasteiger partial charge in [-0.15, -0.1) is 11.3 Å². The molecule has 0 saturated heterocycles. The van der Waals surface area contributed by atoms with Crippen molar-refractivity contribution in [3.63, 3.8) is 0 Å². The van der Waals surface area contributed by atoms with Gasteiger partial charge in [0, 0.05) is 4.88 Å². The predicted octanol–water partition coefficient (Wildman–Crippen LogP) is 3.70. The Kier molecular flexibility index (Phi) is 3.71. The van der Waals surface area contributed by atoms with Crippen LogP contribution in [0.3, 0.4) is 0 Å². The number of phenolic OH excluding ortho intramolecular Hbond substituents is 1. The molecule has 2 aromatic rings. The van der Waals surface area contributed by atoms with Crippen LogP contribution in [-0.2, 0) is 4.79 Å². The molecule has 1 heterocycles. The average Bonchev–Trinajstić information content (AvgIpc) is 2.86. The molecule has 19 heavy (non-hydrogen) atoms. The molecule has 1 aromatic heterocycles. The molecule has 0 fully saturated rings. The number of carboxylic acid groups (broad SMARTS) is 1.